The zero-order valence-corrected chi connectivity index (χ0v) is 20.7. The van der Waals surface area contributed by atoms with E-state index in [-0.39, 0.29) is 23.7 Å². The minimum Gasteiger partial charge on any atom is -0.412 e. The van der Waals surface area contributed by atoms with Gasteiger partial charge in [-0.05, 0) is 24.3 Å². The Morgan fingerprint density at radius 1 is 1.25 bits per heavy atom. The van der Waals surface area contributed by atoms with Crippen molar-refractivity contribution >= 4 is 51.8 Å². The molecule has 0 aliphatic carbocycles. The molecule has 4 rings (SSSR count). The summed E-state index contributed by atoms with van der Waals surface area (Å²) in [5.41, 5.74) is 1.12. The van der Waals surface area contributed by atoms with Gasteiger partial charge in [0, 0.05) is 36.9 Å². The fraction of sp³-hybridized carbons (Fsp3) is 0.217. The monoisotopic (exact) mass is 532 g/mol. The number of hydrogen-bond acceptors (Lipinski definition) is 8. The van der Waals surface area contributed by atoms with Crippen molar-refractivity contribution in [3.63, 3.8) is 0 Å². The maximum atomic E-state index is 13.2. The number of carbonyl (C=O) groups is 1. The summed E-state index contributed by atoms with van der Waals surface area (Å²) >= 11 is 12.6. The number of anilines is 2. The molecule has 1 amide bonds. The van der Waals surface area contributed by atoms with Gasteiger partial charge in [0.15, 0.2) is 5.65 Å². The molecule has 3 aromatic heterocycles. The highest BCUT2D eigenvalue weighted by Crippen LogP contribution is 2.33. The van der Waals surface area contributed by atoms with E-state index in [2.05, 4.69) is 20.6 Å². The first kappa shape index (κ1) is 25.5. The molecular formula is C23H22Cl2N6O5. The number of nitrogens with one attached hydrogen (secondary N) is 2. The van der Waals surface area contributed by atoms with Crippen LogP contribution in [0.15, 0.2) is 47.5 Å². The van der Waals surface area contributed by atoms with E-state index in [1.807, 2.05) is 0 Å². The van der Waals surface area contributed by atoms with Crippen LogP contribution in [-0.4, -0.2) is 61.8 Å². The number of halogens is 2. The highest BCUT2D eigenvalue weighted by Gasteiger charge is 2.19. The summed E-state index contributed by atoms with van der Waals surface area (Å²) in [5.74, 6) is -0.277. The summed E-state index contributed by atoms with van der Waals surface area (Å²) in [6, 6.07) is 8.12. The number of carbonyl (C=O) groups excluding carboxylic acids is 1. The molecule has 0 unspecified atom stereocenters. The molecule has 4 N–H and O–H groups in total. The molecule has 188 valence electrons. The number of aryl methyl sites for hydroxylation is 1. The van der Waals surface area contributed by atoms with Crippen LogP contribution in [-0.2, 0) is 7.05 Å². The number of aromatic nitrogens is 4. The van der Waals surface area contributed by atoms with Crippen LogP contribution in [0.5, 0.6) is 0 Å². The third kappa shape index (κ3) is 5.00. The van der Waals surface area contributed by atoms with Gasteiger partial charge in [-0.25, -0.2) is 4.98 Å². The van der Waals surface area contributed by atoms with Crippen molar-refractivity contribution in [3.8, 4) is 11.1 Å². The van der Waals surface area contributed by atoms with Crippen LogP contribution in [0.2, 0.25) is 10.0 Å². The van der Waals surface area contributed by atoms with Crippen molar-refractivity contribution in [3.05, 3.63) is 68.8 Å². The standard InChI is InChI=1S/C23H22Cl2N6O5/c1-30-10-13(7-18(30)21(34)26-9-14(33)11-32)28-23-27-8-12-6-15(19-16(24)4-3-5-17(19)25)22(35)31(36-2)20(12)29-23/h3-8,10,14,32-33H,9,11H2,1-2H3,(H,26,34)(H,27,28,29)/t14-/m1/s1. The lowest BCUT2D eigenvalue weighted by atomic mass is 10.1. The molecule has 0 aliphatic heterocycles. The molecular weight excluding hydrogens is 511 g/mol. The van der Waals surface area contributed by atoms with Gasteiger partial charge in [0.25, 0.3) is 11.5 Å². The fourth-order valence-corrected chi connectivity index (χ4v) is 4.19. The summed E-state index contributed by atoms with van der Waals surface area (Å²) in [6.45, 7) is -0.550. The first-order valence-electron chi connectivity index (χ1n) is 10.7. The van der Waals surface area contributed by atoms with E-state index in [4.69, 9.17) is 33.1 Å². The van der Waals surface area contributed by atoms with E-state index in [1.54, 1.807) is 48.1 Å². The Hall–Kier alpha value is -3.64. The minimum atomic E-state index is -1.05. The minimum absolute atomic E-state index is 0.0903. The van der Waals surface area contributed by atoms with Crippen LogP contribution in [0.1, 0.15) is 10.5 Å². The third-order valence-electron chi connectivity index (χ3n) is 5.32. The average molecular weight is 533 g/mol. The van der Waals surface area contributed by atoms with Gasteiger partial charge in [-0.1, -0.05) is 29.3 Å². The second kappa shape index (κ2) is 10.5. The van der Waals surface area contributed by atoms with Gasteiger partial charge < -0.3 is 30.3 Å². The van der Waals surface area contributed by atoms with Crippen LogP contribution in [0, 0.1) is 0 Å². The zero-order chi connectivity index (χ0) is 26.0. The summed E-state index contributed by atoms with van der Waals surface area (Å²) in [5, 5.41) is 25.0. The summed E-state index contributed by atoms with van der Waals surface area (Å²) in [7, 11) is 3.01. The Bertz CT molecular complexity index is 1480. The van der Waals surface area contributed by atoms with Crippen molar-refractivity contribution < 1.29 is 19.8 Å². The van der Waals surface area contributed by atoms with Crippen molar-refractivity contribution in [1.29, 1.82) is 0 Å². The number of benzene rings is 1. The van der Waals surface area contributed by atoms with Gasteiger partial charge in [-0.15, -0.1) is 4.73 Å². The lowest BCUT2D eigenvalue weighted by Crippen LogP contribution is -2.34. The summed E-state index contributed by atoms with van der Waals surface area (Å²) < 4.78 is 2.60. The van der Waals surface area contributed by atoms with Crippen molar-refractivity contribution in [2.45, 2.75) is 6.10 Å². The van der Waals surface area contributed by atoms with Gasteiger partial charge in [0.2, 0.25) is 5.95 Å². The molecule has 0 aliphatic rings. The maximum Gasteiger partial charge on any atom is 0.293 e. The molecule has 0 saturated heterocycles. The molecule has 11 nitrogen and oxygen atoms in total. The molecule has 0 spiro atoms. The molecule has 36 heavy (non-hydrogen) atoms. The Morgan fingerprint density at radius 3 is 2.64 bits per heavy atom. The predicted octanol–water partition coefficient (Wildman–Crippen LogP) is 1.99. The van der Waals surface area contributed by atoms with Crippen LogP contribution in [0.4, 0.5) is 11.6 Å². The number of nitrogens with zero attached hydrogens (tertiary/aromatic N) is 4. The number of amides is 1. The quantitative estimate of drug-likeness (QED) is 0.269. The summed E-state index contributed by atoms with van der Waals surface area (Å²) in [4.78, 5) is 39.6. The Morgan fingerprint density at radius 2 is 1.97 bits per heavy atom. The van der Waals surface area contributed by atoms with Gasteiger partial charge >= 0.3 is 0 Å². The zero-order valence-electron chi connectivity index (χ0n) is 19.2. The van der Waals surface area contributed by atoms with Crippen molar-refractivity contribution in [1.82, 2.24) is 24.6 Å². The van der Waals surface area contributed by atoms with E-state index < -0.39 is 24.2 Å². The number of fused-ring (bicyclic) bond motifs is 1. The highest BCUT2D eigenvalue weighted by molar-refractivity contribution is 6.39. The SMILES string of the molecule is COn1c(=O)c(-c2c(Cl)cccc2Cl)cc2cnc(Nc3cc(C(=O)NC[C@@H](O)CO)n(C)c3)nc21. The molecule has 4 aromatic rings. The molecule has 0 fully saturated rings. The maximum absolute atomic E-state index is 13.2. The molecule has 0 saturated carbocycles. The van der Waals surface area contributed by atoms with Crippen LogP contribution in [0.3, 0.4) is 0 Å². The van der Waals surface area contributed by atoms with Crippen molar-refractivity contribution in [2.24, 2.45) is 7.05 Å². The van der Waals surface area contributed by atoms with E-state index in [0.29, 0.717) is 32.4 Å². The largest absolute Gasteiger partial charge is 0.412 e. The van der Waals surface area contributed by atoms with E-state index >= 15 is 0 Å². The van der Waals surface area contributed by atoms with Gasteiger partial charge in [0.05, 0.1) is 34.0 Å². The molecule has 1 aromatic carbocycles. The topological polar surface area (TPSA) is 144 Å². The first-order chi connectivity index (χ1) is 17.2. The molecule has 0 radical (unpaired) electrons. The second-order valence-corrected chi connectivity index (χ2v) is 8.62. The van der Waals surface area contributed by atoms with Gasteiger partial charge in [-0.3, -0.25) is 9.59 Å². The van der Waals surface area contributed by atoms with E-state index in [0.717, 1.165) is 4.73 Å². The molecule has 0 bridgehead atoms. The average Bonchev–Trinajstić information content (AvgIpc) is 3.22. The Kier molecular flexibility index (Phi) is 7.45. The van der Waals surface area contributed by atoms with Gasteiger partial charge in [0.1, 0.15) is 12.8 Å². The highest BCUT2D eigenvalue weighted by atomic mass is 35.5. The van der Waals surface area contributed by atoms with Crippen LogP contribution >= 0.6 is 23.2 Å². The molecule has 13 heteroatoms. The first-order valence-corrected chi connectivity index (χ1v) is 11.4. The lowest BCUT2D eigenvalue weighted by Gasteiger charge is -2.13. The smallest absolute Gasteiger partial charge is 0.293 e. The second-order valence-electron chi connectivity index (χ2n) is 7.81. The number of pyridine rings is 1. The fourth-order valence-electron chi connectivity index (χ4n) is 3.59. The lowest BCUT2D eigenvalue weighted by molar-refractivity contribution is 0.0796. The number of rotatable bonds is 8. The molecule has 3 heterocycles. The molecule has 1 atom stereocenters. The van der Waals surface area contributed by atoms with E-state index in [1.165, 1.54) is 13.3 Å². The Labute approximate surface area is 214 Å². The number of hydrogen-bond donors (Lipinski definition) is 4. The number of aliphatic hydroxyl groups is 2. The number of aliphatic hydroxyl groups excluding tert-OH is 2. The Balaban J connectivity index is 1.67. The van der Waals surface area contributed by atoms with E-state index in [9.17, 15) is 14.7 Å². The van der Waals surface area contributed by atoms with Crippen LogP contribution in [0.25, 0.3) is 22.2 Å². The predicted molar refractivity (Wildman–Crippen MR) is 136 cm³/mol. The third-order valence-corrected chi connectivity index (χ3v) is 5.95. The van der Waals surface area contributed by atoms with Crippen LogP contribution < -0.4 is 21.0 Å². The van der Waals surface area contributed by atoms with Gasteiger partial charge in [-0.2, -0.15) is 4.98 Å². The van der Waals surface area contributed by atoms with Crippen molar-refractivity contribution in [2.75, 3.05) is 25.6 Å². The normalized spacial score (nSPS) is 11.9. The summed E-state index contributed by atoms with van der Waals surface area (Å²) in [6.07, 6.45) is 2.11.